The van der Waals surface area contributed by atoms with Crippen LogP contribution in [0.5, 0.6) is 0 Å². The first-order valence-corrected chi connectivity index (χ1v) is 11.0. The molecule has 152 valence electrons. The molecule has 0 bridgehead atoms. The molecule has 0 N–H and O–H groups in total. The van der Waals surface area contributed by atoms with Crippen LogP contribution in [0.15, 0.2) is 11.6 Å². The minimum atomic E-state index is -0.481. The van der Waals surface area contributed by atoms with Crippen LogP contribution in [-0.2, 0) is 14.2 Å². The molecule has 4 heteroatoms. The number of fused-ring (bicyclic) bond motifs is 5. The summed E-state index contributed by atoms with van der Waals surface area (Å²) < 4.78 is 16.5. The topological polar surface area (TPSA) is 44.8 Å². The zero-order chi connectivity index (χ0) is 19.2. The maximum absolute atomic E-state index is 11.9. The summed E-state index contributed by atoms with van der Waals surface area (Å²) in [5.74, 6) is 2.21. The number of methoxy groups -OCH3 is 1. The van der Waals surface area contributed by atoms with E-state index in [1.807, 2.05) is 14.0 Å². The molecule has 0 aromatic heterocycles. The van der Waals surface area contributed by atoms with E-state index in [1.165, 1.54) is 38.5 Å². The molecule has 0 saturated heterocycles. The first-order valence-electron chi connectivity index (χ1n) is 11.0. The Morgan fingerprint density at radius 3 is 2.67 bits per heavy atom. The van der Waals surface area contributed by atoms with E-state index < -0.39 is 6.16 Å². The molecule has 4 rings (SSSR count). The quantitative estimate of drug-likeness (QED) is 0.481. The molecular weight excluding hydrogens is 340 g/mol. The van der Waals surface area contributed by atoms with Crippen molar-refractivity contribution in [3.05, 3.63) is 11.6 Å². The highest BCUT2D eigenvalue weighted by Crippen LogP contribution is 2.65. The van der Waals surface area contributed by atoms with Gasteiger partial charge < -0.3 is 14.2 Å². The molecule has 0 amide bonds. The zero-order valence-electron chi connectivity index (χ0n) is 17.5. The normalized spacial score (nSPS) is 45.9. The third-order valence-corrected chi connectivity index (χ3v) is 8.79. The summed E-state index contributed by atoms with van der Waals surface area (Å²) in [6.45, 7) is 7.11. The lowest BCUT2D eigenvalue weighted by atomic mass is 9.47. The Labute approximate surface area is 164 Å². The predicted octanol–water partition coefficient (Wildman–Crippen LogP) is 5.51. The van der Waals surface area contributed by atoms with Gasteiger partial charge in [0, 0.05) is 12.5 Å². The molecule has 0 aromatic carbocycles. The van der Waals surface area contributed by atoms with Crippen molar-refractivity contribution in [3.8, 4) is 0 Å². The molecule has 3 fully saturated rings. The van der Waals surface area contributed by atoms with Crippen molar-refractivity contribution < 1.29 is 19.0 Å². The van der Waals surface area contributed by atoms with Gasteiger partial charge >= 0.3 is 6.16 Å². The number of carbonyl (C=O) groups excluding carboxylic acids is 1. The maximum atomic E-state index is 11.9. The molecule has 0 spiro atoms. The smallest absolute Gasteiger partial charge is 0.435 e. The van der Waals surface area contributed by atoms with Crippen LogP contribution >= 0.6 is 0 Å². The second-order valence-corrected chi connectivity index (χ2v) is 9.75. The van der Waals surface area contributed by atoms with E-state index in [-0.39, 0.29) is 11.5 Å². The fourth-order valence-corrected chi connectivity index (χ4v) is 7.30. The van der Waals surface area contributed by atoms with Gasteiger partial charge in [-0.15, -0.1) is 0 Å². The van der Waals surface area contributed by atoms with Gasteiger partial charge in [-0.25, -0.2) is 4.79 Å². The number of rotatable bonds is 3. The van der Waals surface area contributed by atoms with Crippen LogP contribution in [0, 0.1) is 28.6 Å². The molecule has 4 aliphatic rings. The third kappa shape index (κ3) is 3.03. The zero-order valence-corrected chi connectivity index (χ0v) is 17.5. The van der Waals surface area contributed by atoms with Crippen LogP contribution in [0.2, 0.25) is 0 Å². The van der Waals surface area contributed by atoms with E-state index in [0.717, 1.165) is 24.7 Å². The number of carbonyl (C=O) groups is 1. The van der Waals surface area contributed by atoms with Crippen molar-refractivity contribution in [2.24, 2.45) is 28.6 Å². The van der Waals surface area contributed by atoms with Crippen LogP contribution < -0.4 is 0 Å². The standard InChI is InChI=1S/C23H36O4/c1-5-26-21(24)27-20-9-8-18-17-7-6-15-14-16(25-4)10-12-22(15,2)19(17)11-13-23(18,20)3/h14,16-20H,5-13H2,1-4H3/t16-,17+,18+,19+,20+,22+,23+/m1/s1. The van der Waals surface area contributed by atoms with Crippen molar-refractivity contribution >= 4 is 6.16 Å². The van der Waals surface area contributed by atoms with Gasteiger partial charge in [0.1, 0.15) is 6.10 Å². The van der Waals surface area contributed by atoms with Crippen LogP contribution in [0.3, 0.4) is 0 Å². The number of hydrogen-bond donors (Lipinski definition) is 0. The Hall–Kier alpha value is -1.03. The lowest BCUT2D eigenvalue weighted by Gasteiger charge is -2.58. The summed E-state index contributed by atoms with van der Waals surface area (Å²) in [7, 11) is 1.84. The first kappa shape index (κ1) is 19.3. The van der Waals surface area contributed by atoms with E-state index >= 15 is 0 Å². The van der Waals surface area contributed by atoms with Crippen molar-refractivity contribution in [2.45, 2.75) is 84.3 Å². The second kappa shape index (κ2) is 7.09. The highest BCUT2D eigenvalue weighted by molar-refractivity contribution is 5.60. The highest BCUT2D eigenvalue weighted by atomic mass is 16.7. The molecule has 0 unspecified atom stereocenters. The monoisotopic (exact) mass is 376 g/mol. The minimum absolute atomic E-state index is 0.0245. The fourth-order valence-electron chi connectivity index (χ4n) is 7.30. The molecule has 0 aliphatic heterocycles. The van der Waals surface area contributed by atoms with Crippen LogP contribution in [0.1, 0.15) is 72.1 Å². The lowest BCUT2D eigenvalue weighted by Crippen LogP contribution is -2.52. The van der Waals surface area contributed by atoms with Crippen LogP contribution in [0.4, 0.5) is 4.79 Å². The Balaban J connectivity index is 1.53. The van der Waals surface area contributed by atoms with Gasteiger partial charge in [-0.05, 0) is 81.5 Å². The molecule has 4 aliphatic carbocycles. The number of ether oxygens (including phenoxy) is 3. The van der Waals surface area contributed by atoms with Gasteiger partial charge in [-0.3, -0.25) is 0 Å². The van der Waals surface area contributed by atoms with Gasteiger partial charge in [0.05, 0.1) is 12.7 Å². The van der Waals surface area contributed by atoms with E-state index in [9.17, 15) is 4.79 Å². The van der Waals surface area contributed by atoms with Crippen LogP contribution in [-0.4, -0.2) is 32.1 Å². The first-order chi connectivity index (χ1) is 12.9. The Morgan fingerprint density at radius 2 is 1.93 bits per heavy atom. The summed E-state index contributed by atoms with van der Waals surface area (Å²) >= 11 is 0. The van der Waals surface area contributed by atoms with Crippen molar-refractivity contribution in [1.82, 2.24) is 0 Å². The summed E-state index contributed by atoms with van der Waals surface area (Å²) in [4.78, 5) is 11.9. The van der Waals surface area contributed by atoms with Crippen molar-refractivity contribution in [2.75, 3.05) is 13.7 Å². The van der Waals surface area contributed by atoms with Crippen LogP contribution in [0.25, 0.3) is 0 Å². The Bertz CT molecular complexity index is 613. The summed E-state index contributed by atoms with van der Waals surface area (Å²) in [5, 5.41) is 0. The molecule has 3 saturated carbocycles. The molecule has 0 aromatic rings. The van der Waals surface area contributed by atoms with E-state index in [0.29, 0.717) is 24.0 Å². The second-order valence-electron chi connectivity index (χ2n) is 9.75. The average molecular weight is 377 g/mol. The SMILES string of the molecule is CCOC(=O)O[C@H]1CC[C@H]2[C@@H]3CCC4=C[C@H](OC)CC[C@]4(C)[C@H]3CC[C@]12C. The fraction of sp³-hybridized carbons (Fsp3) is 0.870. The van der Waals surface area contributed by atoms with Gasteiger partial charge in [-0.2, -0.15) is 0 Å². The largest absolute Gasteiger partial charge is 0.508 e. The maximum Gasteiger partial charge on any atom is 0.508 e. The van der Waals surface area contributed by atoms with Crippen molar-refractivity contribution in [3.63, 3.8) is 0 Å². The summed E-state index contributed by atoms with van der Waals surface area (Å²) in [6, 6.07) is 0. The molecule has 27 heavy (non-hydrogen) atoms. The van der Waals surface area contributed by atoms with E-state index in [4.69, 9.17) is 14.2 Å². The van der Waals surface area contributed by atoms with Gasteiger partial charge in [0.2, 0.25) is 0 Å². The molecule has 4 nitrogen and oxygen atoms in total. The molecular formula is C23H36O4. The highest BCUT2D eigenvalue weighted by Gasteiger charge is 2.60. The molecule has 0 radical (unpaired) electrons. The number of hydrogen-bond acceptors (Lipinski definition) is 4. The van der Waals surface area contributed by atoms with Crippen molar-refractivity contribution in [1.29, 1.82) is 0 Å². The van der Waals surface area contributed by atoms with Gasteiger partial charge in [-0.1, -0.05) is 25.5 Å². The summed E-state index contributed by atoms with van der Waals surface area (Å²) in [5.41, 5.74) is 2.12. The Kier molecular flexibility index (Phi) is 5.07. The average Bonchev–Trinajstić information content (AvgIpc) is 2.97. The number of allylic oxidation sites excluding steroid dienone is 1. The minimum Gasteiger partial charge on any atom is -0.435 e. The molecule has 7 atom stereocenters. The predicted molar refractivity (Wildman–Crippen MR) is 104 cm³/mol. The summed E-state index contributed by atoms with van der Waals surface area (Å²) in [6.07, 6.45) is 11.8. The lowest BCUT2D eigenvalue weighted by molar-refractivity contribution is -0.0887. The van der Waals surface area contributed by atoms with Gasteiger partial charge in [0.25, 0.3) is 0 Å². The van der Waals surface area contributed by atoms with E-state index in [2.05, 4.69) is 19.9 Å². The third-order valence-electron chi connectivity index (χ3n) is 8.79. The van der Waals surface area contributed by atoms with E-state index in [1.54, 1.807) is 5.57 Å². The Morgan fingerprint density at radius 1 is 1.11 bits per heavy atom. The van der Waals surface area contributed by atoms with Gasteiger partial charge in [0.15, 0.2) is 0 Å². The molecule has 0 heterocycles.